The summed E-state index contributed by atoms with van der Waals surface area (Å²) in [5.74, 6) is 0. The number of pyridine rings is 1. The van der Waals surface area contributed by atoms with Crippen molar-refractivity contribution in [3.8, 4) is 11.3 Å². The highest BCUT2D eigenvalue weighted by atomic mass is 14.8. The fourth-order valence-electron chi connectivity index (χ4n) is 2.03. The minimum absolute atomic E-state index is 0.818. The lowest BCUT2D eigenvalue weighted by atomic mass is 10.1. The summed E-state index contributed by atoms with van der Waals surface area (Å²) in [6.45, 7) is 16.0. The normalized spacial score (nSPS) is 10.7. The Balaban J connectivity index is 0. The molecule has 0 radical (unpaired) electrons. The van der Waals surface area contributed by atoms with Gasteiger partial charge in [0.15, 0.2) is 0 Å². The third kappa shape index (κ3) is 10.3. The Kier molecular flexibility index (Phi) is 19.7. The molecule has 0 saturated carbocycles. The van der Waals surface area contributed by atoms with E-state index in [0.29, 0.717) is 0 Å². The molecule has 0 atom stereocenters. The van der Waals surface area contributed by atoms with Crippen LogP contribution in [0.25, 0.3) is 11.3 Å². The van der Waals surface area contributed by atoms with E-state index in [0.717, 1.165) is 29.1 Å². The first-order valence-corrected chi connectivity index (χ1v) is 10.3. The first-order valence-electron chi connectivity index (χ1n) is 10.3. The van der Waals surface area contributed by atoms with Crippen LogP contribution in [-0.2, 0) is 0 Å². The molecule has 2 heteroatoms. The van der Waals surface area contributed by atoms with Gasteiger partial charge in [0, 0.05) is 18.2 Å². The molecule has 0 aliphatic carbocycles. The molecule has 2 aromatic rings. The van der Waals surface area contributed by atoms with Crippen LogP contribution >= 0.6 is 0 Å². The van der Waals surface area contributed by atoms with Crippen LogP contribution in [-0.4, -0.2) is 10.7 Å². The van der Waals surface area contributed by atoms with Gasteiger partial charge < -0.3 is 0 Å². The number of hydrogen-bond acceptors (Lipinski definition) is 2. The molecule has 0 bridgehead atoms. The summed E-state index contributed by atoms with van der Waals surface area (Å²) in [5, 5.41) is 0. The van der Waals surface area contributed by atoms with Crippen molar-refractivity contribution in [3.05, 3.63) is 78.7 Å². The van der Waals surface area contributed by atoms with E-state index in [1.165, 1.54) is 0 Å². The van der Waals surface area contributed by atoms with Crippen LogP contribution in [0.2, 0.25) is 0 Å². The molecule has 2 heterocycles. The first kappa shape index (κ1) is 26.7. The van der Waals surface area contributed by atoms with Crippen molar-refractivity contribution in [2.24, 2.45) is 4.99 Å². The molecule has 0 fully saturated rings. The number of nitrogens with zero attached hydrogens (tertiary/aromatic N) is 2. The van der Waals surface area contributed by atoms with E-state index in [4.69, 9.17) is 4.98 Å². The molecular weight excluding hydrogens is 328 g/mol. The average molecular weight is 367 g/mol. The molecule has 0 unspecified atom stereocenters. The summed E-state index contributed by atoms with van der Waals surface area (Å²) in [6, 6.07) is 16.3. The molecule has 1 aromatic carbocycles. The standard InChI is InChI=1S/C17H14N2.4C2H6/c1-3-8-14(9-4-1)15-11-7-12-17(19-15)16-10-5-2-6-13-18-16;4*1-2/h1-9,11-13H,10H2;4*1-2H3. The van der Waals surface area contributed by atoms with Crippen LogP contribution in [0, 0.1) is 0 Å². The molecule has 148 valence electrons. The van der Waals surface area contributed by atoms with Gasteiger partial charge in [0.2, 0.25) is 0 Å². The summed E-state index contributed by atoms with van der Waals surface area (Å²) in [7, 11) is 0. The van der Waals surface area contributed by atoms with Gasteiger partial charge in [0.25, 0.3) is 0 Å². The second kappa shape index (κ2) is 19.8. The van der Waals surface area contributed by atoms with Crippen molar-refractivity contribution >= 4 is 5.71 Å². The fourth-order valence-corrected chi connectivity index (χ4v) is 2.03. The maximum atomic E-state index is 4.71. The highest BCUT2D eigenvalue weighted by Gasteiger charge is 2.06. The number of rotatable bonds is 2. The zero-order chi connectivity index (χ0) is 20.9. The predicted octanol–water partition coefficient (Wildman–Crippen LogP) is 8.12. The van der Waals surface area contributed by atoms with E-state index >= 15 is 0 Å². The zero-order valence-electron chi connectivity index (χ0n) is 18.5. The maximum Gasteiger partial charge on any atom is 0.0855 e. The Morgan fingerprint density at radius 2 is 1.22 bits per heavy atom. The molecule has 0 spiro atoms. The van der Waals surface area contributed by atoms with E-state index in [1.54, 1.807) is 0 Å². The molecule has 1 aliphatic rings. The first-order chi connectivity index (χ1) is 13.4. The van der Waals surface area contributed by atoms with E-state index < -0.39 is 0 Å². The van der Waals surface area contributed by atoms with Gasteiger partial charge >= 0.3 is 0 Å². The highest BCUT2D eigenvalue weighted by Crippen LogP contribution is 2.17. The number of benzene rings is 1. The lowest BCUT2D eigenvalue weighted by Crippen LogP contribution is -2.02. The third-order valence-electron chi connectivity index (χ3n) is 2.99. The van der Waals surface area contributed by atoms with Crippen molar-refractivity contribution in [3.63, 3.8) is 0 Å². The molecule has 1 aromatic heterocycles. The van der Waals surface area contributed by atoms with Gasteiger partial charge in [-0.05, 0) is 18.2 Å². The van der Waals surface area contributed by atoms with Crippen molar-refractivity contribution < 1.29 is 0 Å². The zero-order valence-corrected chi connectivity index (χ0v) is 18.5. The van der Waals surface area contributed by atoms with Crippen LogP contribution in [0.4, 0.5) is 0 Å². The van der Waals surface area contributed by atoms with Crippen LogP contribution in [0.1, 0.15) is 67.5 Å². The second-order valence-corrected chi connectivity index (χ2v) is 4.32. The summed E-state index contributed by atoms with van der Waals surface area (Å²) >= 11 is 0. The van der Waals surface area contributed by atoms with Crippen LogP contribution in [0.3, 0.4) is 0 Å². The van der Waals surface area contributed by atoms with E-state index in [1.807, 2.05) is 110 Å². The highest BCUT2D eigenvalue weighted by molar-refractivity contribution is 6.00. The van der Waals surface area contributed by atoms with Gasteiger partial charge in [-0.2, -0.15) is 0 Å². The quantitative estimate of drug-likeness (QED) is 0.527. The number of aliphatic imine (C=N–C) groups is 1. The summed E-state index contributed by atoms with van der Waals surface area (Å²) in [4.78, 5) is 9.15. The maximum absolute atomic E-state index is 4.71. The summed E-state index contributed by atoms with van der Waals surface area (Å²) in [5.41, 5.74) is 4.06. The largest absolute Gasteiger partial charge is 0.259 e. The van der Waals surface area contributed by atoms with Crippen LogP contribution in [0.5, 0.6) is 0 Å². The van der Waals surface area contributed by atoms with Crippen LogP contribution < -0.4 is 0 Å². The Labute approximate surface area is 167 Å². The molecule has 1 aliphatic heterocycles. The minimum Gasteiger partial charge on any atom is -0.259 e. The smallest absolute Gasteiger partial charge is 0.0855 e. The monoisotopic (exact) mass is 366 g/mol. The molecule has 0 saturated heterocycles. The van der Waals surface area contributed by atoms with Crippen molar-refractivity contribution in [1.82, 2.24) is 4.98 Å². The Bertz CT molecular complexity index is 653. The summed E-state index contributed by atoms with van der Waals surface area (Å²) in [6.07, 6.45) is 8.68. The lowest BCUT2D eigenvalue weighted by molar-refractivity contribution is 1.26. The number of allylic oxidation sites excluding steroid dienone is 3. The Hall–Kier alpha value is -2.48. The number of hydrogen-bond donors (Lipinski definition) is 0. The lowest BCUT2D eigenvalue weighted by Gasteiger charge is -2.05. The van der Waals surface area contributed by atoms with E-state index in [-0.39, 0.29) is 0 Å². The van der Waals surface area contributed by atoms with Crippen LogP contribution in [0.15, 0.2) is 78.0 Å². The van der Waals surface area contributed by atoms with Gasteiger partial charge in [-0.15, -0.1) is 0 Å². The topological polar surface area (TPSA) is 25.2 Å². The molecule has 2 nitrogen and oxygen atoms in total. The summed E-state index contributed by atoms with van der Waals surface area (Å²) < 4.78 is 0. The second-order valence-electron chi connectivity index (χ2n) is 4.32. The van der Waals surface area contributed by atoms with Gasteiger partial charge in [-0.3, -0.25) is 4.99 Å². The molecule has 27 heavy (non-hydrogen) atoms. The molecule has 3 rings (SSSR count). The minimum atomic E-state index is 0.818. The van der Waals surface area contributed by atoms with Crippen molar-refractivity contribution in [1.29, 1.82) is 0 Å². The average Bonchev–Trinajstić information content (AvgIpc) is 3.10. The molecule has 0 amide bonds. The molecule has 0 N–H and O–H groups in total. The van der Waals surface area contributed by atoms with Gasteiger partial charge in [0.1, 0.15) is 0 Å². The fraction of sp³-hybridized carbons (Fsp3) is 0.360. The van der Waals surface area contributed by atoms with Gasteiger partial charge in [-0.1, -0.05) is 104 Å². The van der Waals surface area contributed by atoms with Gasteiger partial charge in [-0.25, -0.2) is 4.98 Å². The van der Waals surface area contributed by atoms with Gasteiger partial charge in [0.05, 0.1) is 17.1 Å². The van der Waals surface area contributed by atoms with Crippen molar-refractivity contribution in [2.75, 3.05) is 0 Å². The SMILES string of the molecule is C1=CCC(c2cccc(-c3ccccc3)n2)=NC=C1.CC.CC.CC.CC. The third-order valence-corrected chi connectivity index (χ3v) is 2.99. The molecular formula is C25H38N2. The number of aromatic nitrogens is 1. The van der Waals surface area contributed by atoms with E-state index in [2.05, 4.69) is 23.2 Å². The van der Waals surface area contributed by atoms with Crippen molar-refractivity contribution in [2.45, 2.75) is 61.8 Å². The van der Waals surface area contributed by atoms with E-state index in [9.17, 15) is 0 Å². The Morgan fingerprint density at radius 1 is 0.630 bits per heavy atom. The Morgan fingerprint density at radius 3 is 1.85 bits per heavy atom. The predicted molar refractivity (Wildman–Crippen MR) is 124 cm³/mol.